The zero-order valence-electron chi connectivity index (χ0n) is 12.1. The van der Waals surface area contributed by atoms with Crippen molar-refractivity contribution < 1.29 is 4.79 Å². The third kappa shape index (κ3) is 3.11. The number of amides is 1. The molecule has 1 atom stereocenters. The van der Waals surface area contributed by atoms with Crippen LogP contribution >= 0.6 is 0 Å². The van der Waals surface area contributed by atoms with Crippen molar-refractivity contribution in [3.05, 3.63) is 48.0 Å². The second kappa shape index (κ2) is 6.05. The fraction of sp³-hybridized carbons (Fsp3) is 0.400. The van der Waals surface area contributed by atoms with Crippen LogP contribution in [0.1, 0.15) is 22.8 Å². The number of piperazine rings is 1. The lowest BCUT2D eigenvalue weighted by Crippen LogP contribution is -2.51. The molecule has 0 bridgehead atoms. The van der Waals surface area contributed by atoms with Gasteiger partial charge in [0.1, 0.15) is 12.7 Å². The van der Waals surface area contributed by atoms with E-state index in [0.717, 1.165) is 30.8 Å². The molecule has 1 fully saturated rings. The van der Waals surface area contributed by atoms with Gasteiger partial charge in [0.05, 0.1) is 6.54 Å². The maximum atomic E-state index is 12.7. The number of nitrogens with zero attached hydrogens (tertiary/aromatic N) is 4. The van der Waals surface area contributed by atoms with Crippen LogP contribution in [0.15, 0.2) is 36.9 Å². The van der Waals surface area contributed by atoms with Crippen LogP contribution in [0.2, 0.25) is 0 Å². The molecule has 1 aliphatic heterocycles. The molecule has 1 N–H and O–H groups in total. The minimum Gasteiger partial charge on any atom is -0.336 e. The number of hydrogen-bond donors (Lipinski definition) is 1. The van der Waals surface area contributed by atoms with E-state index in [-0.39, 0.29) is 5.91 Å². The van der Waals surface area contributed by atoms with Crippen molar-refractivity contribution in [2.75, 3.05) is 19.6 Å². The van der Waals surface area contributed by atoms with Crippen molar-refractivity contribution >= 4 is 5.91 Å². The molecule has 6 nitrogen and oxygen atoms in total. The van der Waals surface area contributed by atoms with E-state index in [9.17, 15) is 4.79 Å². The molecular weight excluding hydrogens is 266 g/mol. The van der Waals surface area contributed by atoms with Gasteiger partial charge in [0.2, 0.25) is 0 Å². The normalized spacial score (nSPS) is 18.7. The Morgan fingerprint density at radius 1 is 1.43 bits per heavy atom. The first kappa shape index (κ1) is 13.8. The van der Waals surface area contributed by atoms with Crippen LogP contribution in [0.3, 0.4) is 0 Å². The molecule has 3 rings (SSSR count). The number of carbonyl (C=O) groups is 1. The quantitative estimate of drug-likeness (QED) is 0.904. The second-order valence-electron chi connectivity index (χ2n) is 5.36. The third-order valence-corrected chi connectivity index (χ3v) is 3.70. The van der Waals surface area contributed by atoms with Gasteiger partial charge in [-0.2, -0.15) is 5.10 Å². The Hall–Kier alpha value is -2.21. The second-order valence-corrected chi connectivity index (χ2v) is 5.36. The third-order valence-electron chi connectivity index (χ3n) is 3.70. The van der Waals surface area contributed by atoms with Gasteiger partial charge in [-0.3, -0.25) is 4.79 Å². The standard InChI is InChI=1S/C15H19N5O/c1-12-8-19(7-6-17-12)15(21)14-5-3-2-4-13(14)9-20-11-16-10-18-20/h2-5,10-12,17H,6-9H2,1H3. The van der Waals surface area contributed by atoms with Gasteiger partial charge in [-0.25, -0.2) is 9.67 Å². The molecule has 1 unspecified atom stereocenters. The number of benzene rings is 1. The van der Waals surface area contributed by atoms with Gasteiger partial charge < -0.3 is 10.2 Å². The summed E-state index contributed by atoms with van der Waals surface area (Å²) in [6, 6.07) is 8.06. The van der Waals surface area contributed by atoms with E-state index in [1.807, 2.05) is 29.2 Å². The summed E-state index contributed by atoms with van der Waals surface area (Å²) < 4.78 is 1.73. The predicted molar refractivity (Wildman–Crippen MR) is 78.9 cm³/mol. The highest BCUT2D eigenvalue weighted by Crippen LogP contribution is 2.14. The monoisotopic (exact) mass is 285 g/mol. The Labute approximate surface area is 123 Å². The summed E-state index contributed by atoms with van der Waals surface area (Å²) in [5.74, 6) is 0.0964. The maximum absolute atomic E-state index is 12.7. The Bertz CT molecular complexity index is 610. The van der Waals surface area contributed by atoms with Gasteiger partial charge in [0.25, 0.3) is 5.91 Å². The summed E-state index contributed by atoms with van der Waals surface area (Å²) in [6.07, 6.45) is 3.16. The van der Waals surface area contributed by atoms with E-state index >= 15 is 0 Å². The maximum Gasteiger partial charge on any atom is 0.254 e. The molecule has 2 aromatic rings. The van der Waals surface area contributed by atoms with Crippen LogP contribution in [0, 0.1) is 0 Å². The first-order valence-electron chi connectivity index (χ1n) is 7.17. The van der Waals surface area contributed by atoms with Crippen molar-refractivity contribution in [3.63, 3.8) is 0 Å². The number of hydrogen-bond acceptors (Lipinski definition) is 4. The summed E-state index contributed by atoms with van der Waals surface area (Å²) in [7, 11) is 0. The molecule has 110 valence electrons. The van der Waals surface area contributed by atoms with Crippen molar-refractivity contribution in [1.82, 2.24) is 25.0 Å². The minimum absolute atomic E-state index is 0.0964. The fourth-order valence-corrected chi connectivity index (χ4v) is 2.64. The lowest BCUT2D eigenvalue weighted by Gasteiger charge is -2.32. The van der Waals surface area contributed by atoms with E-state index in [2.05, 4.69) is 22.3 Å². The van der Waals surface area contributed by atoms with Gasteiger partial charge in [0.15, 0.2) is 0 Å². The highest BCUT2D eigenvalue weighted by Gasteiger charge is 2.23. The van der Waals surface area contributed by atoms with Gasteiger partial charge in [-0.1, -0.05) is 18.2 Å². The average molecular weight is 285 g/mol. The van der Waals surface area contributed by atoms with Gasteiger partial charge >= 0.3 is 0 Å². The van der Waals surface area contributed by atoms with E-state index < -0.39 is 0 Å². The largest absolute Gasteiger partial charge is 0.336 e. The van der Waals surface area contributed by atoms with Gasteiger partial charge in [-0.05, 0) is 18.6 Å². The first-order chi connectivity index (χ1) is 10.2. The van der Waals surface area contributed by atoms with Crippen molar-refractivity contribution in [3.8, 4) is 0 Å². The molecule has 0 radical (unpaired) electrons. The predicted octanol–water partition coefficient (Wildman–Crippen LogP) is 0.760. The highest BCUT2D eigenvalue weighted by molar-refractivity contribution is 5.95. The lowest BCUT2D eigenvalue weighted by atomic mass is 10.1. The summed E-state index contributed by atoms with van der Waals surface area (Å²) in [4.78, 5) is 18.6. The molecule has 1 saturated heterocycles. The van der Waals surface area contributed by atoms with Crippen LogP contribution in [0.25, 0.3) is 0 Å². The zero-order chi connectivity index (χ0) is 14.7. The molecule has 6 heteroatoms. The first-order valence-corrected chi connectivity index (χ1v) is 7.17. The SMILES string of the molecule is CC1CN(C(=O)c2ccccc2Cn2cncn2)CCN1. The van der Waals surface area contributed by atoms with E-state index in [1.54, 1.807) is 11.0 Å². The van der Waals surface area contributed by atoms with E-state index in [0.29, 0.717) is 12.6 Å². The number of nitrogens with one attached hydrogen (secondary N) is 1. The summed E-state index contributed by atoms with van der Waals surface area (Å²) in [6.45, 7) is 5.00. The Morgan fingerprint density at radius 3 is 3.05 bits per heavy atom. The number of aromatic nitrogens is 3. The van der Waals surface area contributed by atoms with Crippen LogP contribution in [0.5, 0.6) is 0 Å². The summed E-state index contributed by atoms with van der Waals surface area (Å²) in [5, 5.41) is 7.46. The molecule has 1 aromatic heterocycles. The van der Waals surface area contributed by atoms with Gasteiger partial charge in [0, 0.05) is 31.2 Å². The minimum atomic E-state index is 0.0964. The van der Waals surface area contributed by atoms with Gasteiger partial charge in [-0.15, -0.1) is 0 Å². The van der Waals surface area contributed by atoms with Crippen LogP contribution < -0.4 is 5.32 Å². The smallest absolute Gasteiger partial charge is 0.254 e. The lowest BCUT2D eigenvalue weighted by molar-refractivity contribution is 0.0708. The van der Waals surface area contributed by atoms with Crippen molar-refractivity contribution in [2.45, 2.75) is 19.5 Å². The van der Waals surface area contributed by atoms with E-state index in [1.165, 1.54) is 6.33 Å². The Kier molecular flexibility index (Phi) is 3.96. The molecule has 2 heterocycles. The van der Waals surface area contributed by atoms with Crippen molar-refractivity contribution in [2.24, 2.45) is 0 Å². The molecule has 21 heavy (non-hydrogen) atoms. The van der Waals surface area contributed by atoms with Crippen LogP contribution in [-0.4, -0.2) is 51.2 Å². The molecule has 1 aromatic carbocycles. The topological polar surface area (TPSA) is 63.1 Å². The zero-order valence-corrected chi connectivity index (χ0v) is 12.1. The van der Waals surface area contributed by atoms with Crippen LogP contribution in [-0.2, 0) is 6.54 Å². The molecule has 1 aliphatic rings. The van der Waals surface area contributed by atoms with E-state index in [4.69, 9.17) is 0 Å². The molecule has 0 spiro atoms. The molecule has 0 saturated carbocycles. The van der Waals surface area contributed by atoms with Crippen LogP contribution in [0.4, 0.5) is 0 Å². The average Bonchev–Trinajstić information content (AvgIpc) is 3.00. The molecule has 1 amide bonds. The number of carbonyl (C=O) groups excluding carboxylic acids is 1. The number of rotatable bonds is 3. The Morgan fingerprint density at radius 2 is 2.29 bits per heavy atom. The summed E-state index contributed by atoms with van der Waals surface area (Å²) in [5.41, 5.74) is 1.72. The fourth-order valence-electron chi connectivity index (χ4n) is 2.64. The van der Waals surface area contributed by atoms with Crippen molar-refractivity contribution in [1.29, 1.82) is 0 Å². The molecule has 0 aliphatic carbocycles. The highest BCUT2D eigenvalue weighted by atomic mass is 16.2. The molecular formula is C15H19N5O. The summed E-state index contributed by atoms with van der Waals surface area (Å²) >= 11 is 0. The Balaban J connectivity index is 1.82.